The molecule has 0 saturated carbocycles. The maximum absolute atomic E-state index is 11.8. The third kappa shape index (κ3) is 3.69. The zero-order valence-corrected chi connectivity index (χ0v) is 11.4. The molecule has 2 amide bonds. The summed E-state index contributed by atoms with van der Waals surface area (Å²) in [4.78, 5) is 23.2. The molecule has 2 heterocycles. The minimum atomic E-state index is -0.502. The van der Waals surface area contributed by atoms with Gasteiger partial charge in [-0.25, -0.2) is 0 Å². The maximum Gasteiger partial charge on any atom is 0.261 e. The SMILES string of the molecule is Cl.NC(=O)c1csc(C(=O)NCC2CCCN2)c1. The van der Waals surface area contributed by atoms with Crippen molar-refractivity contribution in [2.75, 3.05) is 13.1 Å². The van der Waals surface area contributed by atoms with E-state index >= 15 is 0 Å². The van der Waals surface area contributed by atoms with Crippen LogP contribution in [0.5, 0.6) is 0 Å². The highest BCUT2D eigenvalue weighted by Crippen LogP contribution is 2.14. The molecule has 18 heavy (non-hydrogen) atoms. The molecule has 1 saturated heterocycles. The first-order chi connectivity index (χ1) is 8.16. The molecule has 1 aromatic heterocycles. The average Bonchev–Trinajstić information content (AvgIpc) is 2.96. The van der Waals surface area contributed by atoms with Gasteiger partial charge in [-0.05, 0) is 25.5 Å². The molecule has 7 heteroatoms. The van der Waals surface area contributed by atoms with Crippen molar-refractivity contribution in [3.8, 4) is 0 Å². The number of primary amides is 1. The molecule has 1 aliphatic rings. The summed E-state index contributed by atoms with van der Waals surface area (Å²) in [5, 5.41) is 7.75. The van der Waals surface area contributed by atoms with Crippen LogP contribution in [-0.2, 0) is 0 Å². The maximum atomic E-state index is 11.8. The molecule has 1 aliphatic heterocycles. The molecule has 0 bridgehead atoms. The van der Waals surface area contributed by atoms with Gasteiger partial charge in [-0.15, -0.1) is 23.7 Å². The molecule has 0 spiro atoms. The number of nitrogens with two attached hydrogens (primary N) is 1. The van der Waals surface area contributed by atoms with Gasteiger partial charge < -0.3 is 16.4 Å². The molecular weight excluding hydrogens is 274 g/mol. The number of halogens is 1. The standard InChI is InChI=1S/C11H15N3O2S.ClH/c12-10(15)7-4-9(17-6-7)11(16)14-5-8-2-1-3-13-8;/h4,6,8,13H,1-3,5H2,(H2,12,15)(H,14,16);1H. The summed E-state index contributed by atoms with van der Waals surface area (Å²) in [6.07, 6.45) is 2.25. The van der Waals surface area contributed by atoms with Crippen LogP contribution in [0.3, 0.4) is 0 Å². The Hall–Kier alpha value is -1.11. The van der Waals surface area contributed by atoms with Gasteiger partial charge in [0.1, 0.15) is 0 Å². The number of amides is 2. The fourth-order valence-corrected chi connectivity index (χ4v) is 2.63. The molecule has 1 atom stereocenters. The minimum absolute atomic E-state index is 0. The van der Waals surface area contributed by atoms with Crippen LogP contribution in [0.25, 0.3) is 0 Å². The first-order valence-electron chi connectivity index (χ1n) is 5.57. The van der Waals surface area contributed by atoms with Gasteiger partial charge in [0.15, 0.2) is 0 Å². The number of carbonyl (C=O) groups is 2. The Morgan fingerprint density at radius 2 is 2.33 bits per heavy atom. The van der Waals surface area contributed by atoms with Gasteiger partial charge in [0.25, 0.3) is 5.91 Å². The topological polar surface area (TPSA) is 84.2 Å². The van der Waals surface area contributed by atoms with E-state index < -0.39 is 5.91 Å². The van der Waals surface area contributed by atoms with E-state index in [1.807, 2.05) is 0 Å². The van der Waals surface area contributed by atoms with E-state index in [1.54, 1.807) is 5.38 Å². The van der Waals surface area contributed by atoms with Crippen molar-refractivity contribution < 1.29 is 9.59 Å². The Kier molecular flexibility index (Phi) is 5.58. The summed E-state index contributed by atoms with van der Waals surface area (Å²) in [7, 11) is 0. The molecule has 4 N–H and O–H groups in total. The fraction of sp³-hybridized carbons (Fsp3) is 0.455. The van der Waals surface area contributed by atoms with E-state index in [-0.39, 0.29) is 18.3 Å². The molecule has 100 valence electrons. The Labute approximate surface area is 116 Å². The van der Waals surface area contributed by atoms with Crippen LogP contribution in [-0.4, -0.2) is 30.9 Å². The summed E-state index contributed by atoms with van der Waals surface area (Å²) in [5.74, 6) is -0.644. The molecule has 1 fully saturated rings. The molecule has 0 aromatic carbocycles. The lowest BCUT2D eigenvalue weighted by Crippen LogP contribution is -2.36. The molecule has 0 aliphatic carbocycles. The molecular formula is C11H16ClN3O2S. The van der Waals surface area contributed by atoms with E-state index in [2.05, 4.69) is 10.6 Å². The van der Waals surface area contributed by atoms with Gasteiger partial charge in [0, 0.05) is 18.0 Å². The number of rotatable bonds is 4. The van der Waals surface area contributed by atoms with Crippen molar-refractivity contribution in [3.05, 3.63) is 21.9 Å². The smallest absolute Gasteiger partial charge is 0.261 e. The van der Waals surface area contributed by atoms with Crippen LogP contribution in [0.1, 0.15) is 32.9 Å². The lowest BCUT2D eigenvalue weighted by molar-refractivity contribution is 0.0954. The fourth-order valence-electron chi connectivity index (χ4n) is 1.82. The monoisotopic (exact) mass is 289 g/mol. The highest BCUT2D eigenvalue weighted by atomic mass is 35.5. The zero-order chi connectivity index (χ0) is 12.3. The average molecular weight is 290 g/mol. The molecule has 2 rings (SSSR count). The lowest BCUT2D eigenvalue weighted by Gasteiger charge is -2.10. The van der Waals surface area contributed by atoms with Crippen LogP contribution in [0.2, 0.25) is 0 Å². The number of nitrogens with one attached hydrogen (secondary N) is 2. The summed E-state index contributed by atoms with van der Waals surface area (Å²) in [6.45, 7) is 1.65. The largest absolute Gasteiger partial charge is 0.366 e. The van der Waals surface area contributed by atoms with Gasteiger partial charge in [0.2, 0.25) is 5.91 Å². The third-order valence-corrected chi connectivity index (χ3v) is 3.71. The lowest BCUT2D eigenvalue weighted by atomic mass is 10.2. The highest BCUT2D eigenvalue weighted by Gasteiger charge is 2.16. The van der Waals surface area contributed by atoms with Gasteiger partial charge in [-0.2, -0.15) is 0 Å². The van der Waals surface area contributed by atoms with Crippen LogP contribution in [0, 0.1) is 0 Å². The van der Waals surface area contributed by atoms with Crippen molar-refractivity contribution >= 4 is 35.6 Å². The summed E-state index contributed by atoms with van der Waals surface area (Å²) in [5.41, 5.74) is 5.51. The Morgan fingerprint density at radius 1 is 1.56 bits per heavy atom. The van der Waals surface area contributed by atoms with Crippen molar-refractivity contribution in [1.29, 1.82) is 0 Å². The van der Waals surface area contributed by atoms with E-state index in [9.17, 15) is 9.59 Å². The van der Waals surface area contributed by atoms with Gasteiger partial charge in [-0.3, -0.25) is 9.59 Å². The summed E-state index contributed by atoms with van der Waals surface area (Å²) in [6, 6.07) is 1.90. The first-order valence-corrected chi connectivity index (χ1v) is 6.44. The summed E-state index contributed by atoms with van der Waals surface area (Å²) >= 11 is 1.24. The minimum Gasteiger partial charge on any atom is -0.366 e. The molecule has 1 unspecified atom stereocenters. The van der Waals surface area contributed by atoms with Gasteiger partial charge in [-0.1, -0.05) is 0 Å². The van der Waals surface area contributed by atoms with E-state index in [4.69, 9.17) is 5.73 Å². The Balaban J connectivity index is 0.00000162. The number of thiophene rings is 1. The van der Waals surface area contributed by atoms with Crippen molar-refractivity contribution in [1.82, 2.24) is 10.6 Å². The third-order valence-electron chi connectivity index (χ3n) is 2.78. The van der Waals surface area contributed by atoms with Gasteiger partial charge in [0.05, 0.1) is 10.4 Å². The quantitative estimate of drug-likeness (QED) is 0.765. The molecule has 5 nitrogen and oxygen atoms in total. The van der Waals surface area contributed by atoms with Crippen LogP contribution in [0.4, 0.5) is 0 Å². The molecule has 0 radical (unpaired) electrons. The predicted molar refractivity (Wildman–Crippen MR) is 73.4 cm³/mol. The summed E-state index contributed by atoms with van der Waals surface area (Å²) < 4.78 is 0. The van der Waals surface area contributed by atoms with Crippen LogP contribution >= 0.6 is 23.7 Å². The van der Waals surface area contributed by atoms with E-state index in [0.717, 1.165) is 19.4 Å². The second-order valence-corrected chi connectivity index (χ2v) is 4.98. The van der Waals surface area contributed by atoms with Gasteiger partial charge >= 0.3 is 0 Å². The normalized spacial score (nSPS) is 18.1. The Bertz CT molecular complexity index is 430. The number of hydrogen-bond donors (Lipinski definition) is 3. The first kappa shape index (κ1) is 14.9. The van der Waals surface area contributed by atoms with E-state index in [1.165, 1.54) is 17.4 Å². The van der Waals surface area contributed by atoms with Crippen LogP contribution in [0.15, 0.2) is 11.4 Å². The zero-order valence-electron chi connectivity index (χ0n) is 9.77. The highest BCUT2D eigenvalue weighted by molar-refractivity contribution is 7.12. The predicted octanol–water partition coefficient (Wildman–Crippen LogP) is 0.751. The van der Waals surface area contributed by atoms with Crippen molar-refractivity contribution in [2.45, 2.75) is 18.9 Å². The van der Waals surface area contributed by atoms with E-state index in [0.29, 0.717) is 23.0 Å². The number of hydrogen-bond acceptors (Lipinski definition) is 4. The van der Waals surface area contributed by atoms with Crippen LogP contribution < -0.4 is 16.4 Å². The Morgan fingerprint density at radius 3 is 2.89 bits per heavy atom. The second-order valence-electron chi connectivity index (χ2n) is 4.07. The second kappa shape index (κ2) is 6.72. The molecule has 1 aromatic rings. The van der Waals surface area contributed by atoms with Crippen molar-refractivity contribution in [2.24, 2.45) is 5.73 Å². The number of carbonyl (C=O) groups excluding carboxylic acids is 2. The van der Waals surface area contributed by atoms with Crippen molar-refractivity contribution in [3.63, 3.8) is 0 Å².